The summed E-state index contributed by atoms with van der Waals surface area (Å²) in [5, 5.41) is 21.8. The quantitative estimate of drug-likeness (QED) is 0.0689. The van der Waals surface area contributed by atoms with Crippen LogP contribution in [-0.2, 0) is 16.8 Å². The molecule has 0 saturated carbocycles. The summed E-state index contributed by atoms with van der Waals surface area (Å²) in [6.45, 7) is 22.6. The van der Waals surface area contributed by atoms with Crippen LogP contribution in [0.5, 0.6) is 0 Å². The number of hydrogen-bond acceptors (Lipinski definition) is 6. The number of allylic oxidation sites excluding steroid dienone is 4. The predicted octanol–water partition coefficient (Wildman–Crippen LogP) is 11.1. The van der Waals surface area contributed by atoms with Crippen molar-refractivity contribution in [2.45, 2.75) is 95.2 Å². The molecule has 0 saturated heterocycles. The number of aliphatic hydroxyl groups excluding tert-OH is 2. The molecule has 1 radical (unpaired) electrons. The normalized spacial score (nSPS) is 13.7. The monoisotopic (exact) mass is 755 g/mol. The van der Waals surface area contributed by atoms with Gasteiger partial charge in [0.2, 0.25) is 0 Å². The van der Waals surface area contributed by atoms with Gasteiger partial charge in [-0.15, -0.1) is 0 Å². The van der Waals surface area contributed by atoms with Crippen molar-refractivity contribution in [1.29, 1.82) is 0 Å². The first kappa shape index (κ1) is 42.6. The second-order valence-electron chi connectivity index (χ2n) is 14.5. The second-order valence-corrected chi connectivity index (χ2v) is 14.5. The Morgan fingerprint density at radius 1 is 0.472 bits per heavy atom. The van der Waals surface area contributed by atoms with E-state index in [9.17, 15) is 19.8 Å². The van der Waals surface area contributed by atoms with Crippen LogP contribution in [0.1, 0.15) is 113 Å². The number of carbonyl (C=O) groups is 2. The third kappa shape index (κ3) is 10.2. The molecule has 0 fully saturated rings. The molecule has 2 N–H and O–H groups in total. The Hall–Kier alpha value is -4.85. The zero-order valence-electron chi connectivity index (χ0n) is 33.0. The Kier molecular flexibility index (Phi) is 14.3. The van der Waals surface area contributed by atoms with Crippen LogP contribution in [0.3, 0.4) is 0 Å². The van der Waals surface area contributed by atoms with Gasteiger partial charge in [0, 0.05) is 40.3 Å². The zero-order valence-corrected chi connectivity index (χ0v) is 34.1. The molecule has 7 heteroatoms. The number of nitrogens with zero attached hydrogens (tertiary/aromatic N) is 2. The van der Waals surface area contributed by atoms with Gasteiger partial charge < -0.3 is 10.2 Å². The summed E-state index contributed by atoms with van der Waals surface area (Å²) >= 11 is 0. The van der Waals surface area contributed by atoms with Crippen molar-refractivity contribution in [3.05, 3.63) is 161 Å². The third-order valence-electron chi connectivity index (χ3n) is 9.28. The van der Waals surface area contributed by atoms with E-state index in [2.05, 4.69) is 12.1 Å². The number of rotatable bonds is 11. The summed E-state index contributed by atoms with van der Waals surface area (Å²) in [7, 11) is 0. The van der Waals surface area contributed by atoms with Gasteiger partial charge in [-0.3, -0.25) is 19.6 Å². The van der Waals surface area contributed by atoms with E-state index >= 15 is 0 Å². The molecule has 6 nitrogen and oxygen atoms in total. The number of aryl methyl sites for hydroxylation is 10. The predicted molar refractivity (Wildman–Crippen MR) is 215 cm³/mol. The van der Waals surface area contributed by atoms with Crippen LogP contribution in [0.4, 0.5) is 0 Å². The maximum atomic E-state index is 14.1. The Morgan fingerprint density at radius 3 is 0.962 bits per heavy atom. The van der Waals surface area contributed by atoms with Gasteiger partial charge in [0.15, 0.2) is 11.6 Å². The topological polar surface area (TPSA) is 99.3 Å². The van der Waals surface area contributed by atoms with Gasteiger partial charge >= 0.3 is 0 Å². The minimum atomic E-state index is -0.684. The number of ketones is 2. The molecule has 0 heterocycles. The molecule has 4 rings (SSSR count). The first-order valence-electron chi connectivity index (χ1n) is 17.6. The first-order chi connectivity index (χ1) is 24.4. The Labute approximate surface area is 325 Å². The van der Waals surface area contributed by atoms with Gasteiger partial charge in [-0.1, -0.05) is 94.0 Å². The van der Waals surface area contributed by atoms with E-state index in [0.29, 0.717) is 11.1 Å². The van der Waals surface area contributed by atoms with Gasteiger partial charge in [0.1, 0.15) is 23.6 Å². The van der Waals surface area contributed by atoms with E-state index in [1.807, 2.05) is 118 Å². The summed E-state index contributed by atoms with van der Waals surface area (Å²) in [5.74, 6) is -0.927. The van der Waals surface area contributed by atoms with Crippen LogP contribution in [0, 0.1) is 69.2 Å². The summed E-state index contributed by atoms with van der Waals surface area (Å²) in [6, 6.07) is 18.8. The maximum Gasteiger partial charge on any atom is 0.198 e. The van der Waals surface area contributed by atoms with Crippen LogP contribution in [0.2, 0.25) is 0 Å². The van der Waals surface area contributed by atoms with Crippen molar-refractivity contribution in [3.63, 3.8) is 0 Å². The number of aliphatic hydroxyl groups is 2. The van der Waals surface area contributed by atoms with Gasteiger partial charge in [-0.25, -0.2) is 0 Å². The summed E-state index contributed by atoms with van der Waals surface area (Å²) in [4.78, 5) is 38.3. The molecular weight excluding hydrogens is 703 g/mol. The van der Waals surface area contributed by atoms with E-state index in [1.54, 1.807) is 0 Å². The molecule has 0 aliphatic carbocycles. The van der Waals surface area contributed by atoms with E-state index in [-0.39, 0.29) is 51.0 Å². The van der Waals surface area contributed by atoms with E-state index in [4.69, 9.17) is 9.98 Å². The fourth-order valence-corrected chi connectivity index (χ4v) is 7.35. The summed E-state index contributed by atoms with van der Waals surface area (Å²) in [6.07, 6.45) is 2.92. The van der Waals surface area contributed by atoms with Gasteiger partial charge in [-0.2, -0.15) is 0 Å². The standard InChI is InChI=1S/C46H52N2O4.Co/c1-25-13-26(2)20-37(19-25)43(47-23-39(35(11)49)45(51)41-31(7)15-29(5)16-32(41)8)44(38-21-27(3)14-28(4)22-38)48-24-40(36(12)50)46(52)42-33(9)17-30(6)18-34(42)10;/h13-24,43-44,49-50H,1-12H3;/b39-35+,40-36+,47-23?,48-24?;/t43-,44-;/m0./s1. The first-order valence-corrected chi connectivity index (χ1v) is 17.6. The molecule has 0 aliphatic heterocycles. The molecule has 4 aromatic carbocycles. The molecular formula is C46H52CoN2O4. The molecule has 0 spiro atoms. The third-order valence-corrected chi connectivity index (χ3v) is 9.28. The fourth-order valence-electron chi connectivity index (χ4n) is 7.35. The molecule has 4 aromatic rings. The van der Waals surface area contributed by atoms with E-state index in [1.165, 1.54) is 26.3 Å². The van der Waals surface area contributed by atoms with Gasteiger partial charge in [-0.05, 0) is 116 Å². The van der Waals surface area contributed by atoms with Crippen molar-refractivity contribution in [3.8, 4) is 0 Å². The van der Waals surface area contributed by atoms with Gasteiger partial charge in [0.05, 0.1) is 11.1 Å². The maximum absolute atomic E-state index is 14.1. The van der Waals surface area contributed by atoms with E-state index < -0.39 is 12.1 Å². The van der Waals surface area contributed by atoms with Crippen molar-refractivity contribution in [2.24, 2.45) is 9.98 Å². The molecule has 279 valence electrons. The fraction of sp³-hybridized carbons (Fsp3) is 0.304. The smallest absolute Gasteiger partial charge is 0.198 e. The number of Topliss-reactive ketones (excluding diaryl/α,β-unsaturated/α-hetero) is 2. The van der Waals surface area contributed by atoms with Crippen molar-refractivity contribution in [2.75, 3.05) is 0 Å². The second kappa shape index (κ2) is 17.8. The van der Waals surface area contributed by atoms with Crippen LogP contribution < -0.4 is 0 Å². The molecule has 0 aromatic heterocycles. The van der Waals surface area contributed by atoms with Gasteiger partial charge in [0.25, 0.3) is 0 Å². The van der Waals surface area contributed by atoms with Crippen molar-refractivity contribution >= 4 is 24.0 Å². The average molecular weight is 756 g/mol. The number of benzene rings is 4. The molecule has 0 unspecified atom stereocenters. The molecule has 0 bridgehead atoms. The average Bonchev–Trinajstić information content (AvgIpc) is 2.99. The minimum absolute atomic E-state index is 0. The molecule has 53 heavy (non-hydrogen) atoms. The zero-order chi connectivity index (χ0) is 38.6. The van der Waals surface area contributed by atoms with Crippen LogP contribution >= 0.6 is 0 Å². The Morgan fingerprint density at radius 2 is 0.717 bits per heavy atom. The van der Waals surface area contributed by atoms with Crippen molar-refractivity contribution < 1.29 is 36.6 Å². The van der Waals surface area contributed by atoms with Crippen molar-refractivity contribution in [1.82, 2.24) is 0 Å². The number of aliphatic imine (C=N–C) groups is 2. The van der Waals surface area contributed by atoms with Crippen LogP contribution in [-0.4, -0.2) is 34.2 Å². The Balaban J connectivity index is 0.00000756. The Bertz CT molecular complexity index is 1940. The van der Waals surface area contributed by atoms with E-state index in [0.717, 1.165) is 66.8 Å². The molecule has 2 atom stereocenters. The molecule has 0 aliphatic rings. The SMILES string of the molecule is C/C(O)=C(/C=N[C@@H](c1cc(C)cc(C)c1)[C@@H](N=C/C(C(=O)c1c(C)cc(C)cc1C)=C(/C)O)c1cc(C)cc(C)c1)C(=O)c1c(C)cc(C)cc1C.[Co]. The summed E-state index contributed by atoms with van der Waals surface area (Å²) in [5.41, 5.74) is 12.4. The summed E-state index contributed by atoms with van der Waals surface area (Å²) < 4.78 is 0. The van der Waals surface area contributed by atoms with Crippen LogP contribution in [0.15, 0.2) is 93.3 Å². The largest absolute Gasteiger partial charge is 0.512 e. The minimum Gasteiger partial charge on any atom is -0.512 e. The molecule has 0 amide bonds. The number of hydrogen-bond donors (Lipinski definition) is 2. The number of carbonyl (C=O) groups excluding carboxylic acids is 2. The van der Waals surface area contributed by atoms with Crippen LogP contribution in [0.25, 0.3) is 0 Å².